The lowest BCUT2D eigenvalue weighted by Gasteiger charge is -2.23. The van der Waals surface area contributed by atoms with E-state index >= 15 is 0 Å². The van der Waals surface area contributed by atoms with Crippen molar-refractivity contribution in [2.45, 2.75) is 73.8 Å². The molecular formula is C16H36N2O. The number of nitroso groups, excluding NO2 is 1. The second kappa shape index (κ2) is 14.0. The summed E-state index contributed by atoms with van der Waals surface area (Å²) in [6.45, 7) is 19.0. The molecule has 0 saturated heterocycles. The topological polar surface area (TPSA) is 32.7 Å². The Hall–Kier alpha value is -0.440. The molecule has 19 heavy (non-hydrogen) atoms. The first-order valence-corrected chi connectivity index (χ1v) is 7.97. The third kappa shape index (κ3) is 13.8. The molecule has 0 spiro atoms. The lowest BCUT2D eigenvalue weighted by Crippen LogP contribution is -2.27. The van der Waals surface area contributed by atoms with Crippen molar-refractivity contribution in [1.29, 1.82) is 0 Å². The Kier molecular flexibility index (Phi) is 15.4. The number of rotatable bonds is 9. The van der Waals surface area contributed by atoms with E-state index in [-0.39, 0.29) is 6.04 Å². The Labute approximate surface area is 121 Å². The van der Waals surface area contributed by atoms with Gasteiger partial charge in [-0.1, -0.05) is 46.7 Å². The van der Waals surface area contributed by atoms with E-state index in [1.165, 1.54) is 32.5 Å². The molecule has 0 aromatic heterocycles. The lowest BCUT2D eigenvalue weighted by molar-refractivity contribution is 0.250. The van der Waals surface area contributed by atoms with E-state index < -0.39 is 0 Å². The molecule has 0 radical (unpaired) electrons. The van der Waals surface area contributed by atoms with Gasteiger partial charge < -0.3 is 4.90 Å². The van der Waals surface area contributed by atoms with Crippen molar-refractivity contribution in [1.82, 2.24) is 4.90 Å². The van der Waals surface area contributed by atoms with E-state index in [1.54, 1.807) is 6.92 Å². The predicted molar refractivity (Wildman–Crippen MR) is 86.6 cm³/mol. The standard InChI is InChI=1S/C12H27N.C4H9NO/c1-6-9-13(7-2)10-8-12(5)11(3)4;1-3-4(2)5-6/h11-12H,6-10H2,1-5H3;4H,3H2,1-2H3. The van der Waals surface area contributed by atoms with Crippen LogP contribution in [0.1, 0.15) is 67.7 Å². The lowest BCUT2D eigenvalue weighted by atomic mass is 9.94. The van der Waals surface area contributed by atoms with E-state index in [0.29, 0.717) is 0 Å². The van der Waals surface area contributed by atoms with E-state index in [9.17, 15) is 4.91 Å². The Bertz CT molecular complexity index is 195. The van der Waals surface area contributed by atoms with Crippen LogP contribution in [0.2, 0.25) is 0 Å². The quantitative estimate of drug-likeness (QED) is 0.556. The molecule has 0 amide bonds. The van der Waals surface area contributed by atoms with Crippen LogP contribution in [0, 0.1) is 16.7 Å². The molecule has 0 N–H and O–H groups in total. The van der Waals surface area contributed by atoms with E-state index in [2.05, 4.69) is 44.7 Å². The van der Waals surface area contributed by atoms with Crippen molar-refractivity contribution in [2.75, 3.05) is 19.6 Å². The average Bonchev–Trinajstić information content (AvgIpc) is 2.42. The van der Waals surface area contributed by atoms with Gasteiger partial charge >= 0.3 is 0 Å². The summed E-state index contributed by atoms with van der Waals surface area (Å²) in [6.07, 6.45) is 3.49. The van der Waals surface area contributed by atoms with Crippen LogP contribution in [0.5, 0.6) is 0 Å². The van der Waals surface area contributed by atoms with Crippen LogP contribution in [0.25, 0.3) is 0 Å². The first-order valence-electron chi connectivity index (χ1n) is 7.97. The molecule has 2 atom stereocenters. The molecule has 116 valence electrons. The third-order valence-corrected chi connectivity index (χ3v) is 3.80. The van der Waals surface area contributed by atoms with E-state index in [4.69, 9.17) is 0 Å². The first-order chi connectivity index (χ1) is 8.92. The summed E-state index contributed by atoms with van der Waals surface area (Å²) in [7, 11) is 0. The molecule has 0 aromatic carbocycles. The fourth-order valence-corrected chi connectivity index (χ4v) is 1.54. The summed E-state index contributed by atoms with van der Waals surface area (Å²) in [5.41, 5.74) is 0. The van der Waals surface area contributed by atoms with Gasteiger partial charge in [0.2, 0.25) is 0 Å². The molecule has 0 heterocycles. The van der Waals surface area contributed by atoms with Gasteiger partial charge in [0.25, 0.3) is 0 Å². The molecule has 0 bridgehead atoms. The zero-order valence-corrected chi connectivity index (χ0v) is 14.3. The highest BCUT2D eigenvalue weighted by atomic mass is 16.3. The van der Waals surface area contributed by atoms with Crippen LogP contribution >= 0.6 is 0 Å². The average molecular weight is 272 g/mol. The maximum atomic E-state index is 9.49. The van der Waals surface area contributed by atoms with Crippen LogP contribution in [-0.4, -0.2) is 30.6 Å². The van der Waals surface area contributed by atoms with Crippen molar-refractivity contribution in [3.63, 3.8) is 0 Å². The minimum absolute atomic E-state index is 0.00463. The monoisotopic (exact) mass is 272 g/mol. The predicted octanol–water partition coefficient (Wildman–Crippen LogP) is 4.95. The van der Waals surface area contributed by atoms with E-state index in [1.807, 2.05) is 6.92 Å². The Morgan fingerprint density at radius 1 is 1.00 bits per heavy atom. The highest BCUT2D eigenvalue weighted by Crippen LogP contribution is 2.14. The van der Waals surface area contributed by atoms with Gasteiger partial charge in [0.05, 0.1) is 6.04 Å². The summed E-state index contributed by atoms with van der Waals surface area (Å²) in [4.78, 5) is 12.0. The molecule has 0 aliphatic rings. The van der Waals surface area contributed by atoms with Crippen molar-refractivity contribution in [3.05, 3.63) is 4.91 Å². The van der Waals surface area contributed by atoms with Gasteiger partial charge in [0.15, 0.2) is 0 Å². The van der Waals surface area contributed by atoms with Crippen LogP contribution in [0.3, 0.4) is 0 Å². The SMILES string of the molecule is CCC(C)N=O.CCCN(CC)CCC(C)C(C)C. The van der Waals surface area contributed by atoms with Crippen molar-refractivity contribution in [3.8, 4) is 0 Å². The molecular weight excluding hydrogens is 236 g/mol. The number of hydrogen-bond donors (Lipinski definition) is 0. The number of nitrogens with zero attached hydrogens (tertiary/aromatic N) is 2. The maximum Gasteiger partial charge on any atom is 0.0889 e. The van der Waals surface area contributed by atoms with Crippen LogP contribution in [0.15, 0.2) is 5.18 Å². The first kappa shape index (κ1) is 20.9. The normalized spacial score (nSPS) is 13.9. The summed E-state index contributed by atoms with van der Waals surface area (Å²) in [5.74, 6) is 1.70. The van der Waals surface area contributed by atoms with Gasteiger partial charge in [-0.15, -0.1) is 0 Å². The molecule has 2 unspecified atom stereocenters. The highest BCUT2D eigenvalue weighted by molar-refractivity contribution is 4.61. The molecule has 3 heteroatoms. The van der Waals surface area contributed by atoms with Crippen LogP contribution in [-0.2, 0) is 0 Å². The second-order valence-corrected chi connectivity index (χ2v) is 5.81. The molecule has 0 saturated carbocycles. The summed E-state index contributed by atoms with van der Waals surface area (Å²) < 4.78 is 0. The fraction of sp³-hybridized carbons (Fsp3) is 1.00. The van der Waals surface area contributed by atoms with Gasteiger partial charge in [-0.3, -0.25) is 0 Å². The fourth-order valence-electron chi connectivity index (χ4n) is 1.54. The Morgan fingerprint density at radius 2 is 1.58 bits per heavy atom. The largest absolute Gasteiger partial charge is 0.304 e. The smallest absolute Gasteiger partial charge is 0.0889 e. The van der Waals surface area contributed by atoms with Gasteiger partial charge in [-0.05, 0) is 57.7 Å². The van der Waals surface area contributed by atoms with Gasteiger partial charge in [0, 0.05) is 0 Å². The third-order valence-electron chi connectivity index (χ3n) is 3.80. The van der Waals surface area contributed by atoms with E-state index in [0.717, 1.165) is 18.3 Å². The van der Waals surface area contributed by atoms with Crippen LogP contribution in [0.4, 0.5) is 0 Å². The van der Waals surface area contributed by atoms with Gasteiger partial charge in [-0.25, -0.2) is 0 Å². The second-order valence-electron chi connectivity index (χ2n) is 5.81. The number of hydrogen-bond acceptors (Lipinski definition) is 3. The molecule has 3 nitrogen and oxygen atoms in total. The summed E-state index contributed by atoms with van der Waals surface area (Å²) in [5, 5.41) is 2.76. The highest BCUT2D eigenvalue weighted by Gasteiger charge is 2.08. The zero-order valence-electron chi connectivity index (χ0n) is 14.3. The molecule has 0 aliphatic carbocycles. The molecule has 0 fully saturated rings. The van der Waals surface area contributed by atoms with Crippen LogP contribution < -0.4 is 0 Å². The molecule has 0 rings (SSSR count). The van der Waals surface area contributed by atoms with Gasteiger partial charge in [-0.2, -0.15) is 4.91 Å². The minimum Gasteiger partial charge on any atom is -0.304 e. The Morgan fingerprint density at radius 3 is 1.84 bits per heavy atom. The Balaban J connectivity index is 0. The molecule has 0 aromatic rings. The van der Waals surface area contributed by atoms with Gasteiger partial charge in [0.1, 0.15) is 0 Å². The molecule has 0 aliphatic heterocycles. The summed E-state index contributed by atoms with van der Waals surface area (Å²) >= 11 is 0. The van der Waals surface area contributed by atoms with Crippen molar-refractivity contribution >= 4 is 0 Å². The van der Waals surface area contributed by atoms with Crippen molar-refractivity contribution < 1.29 is 0 Å². The maximum absolute atomic E-state index is 9.49. The summed E-state index contributed by atoms with van der Waals surface area (Å²) in [6, 6.07) is 0.00463. The van der Waals surface area contributed by atoms with Crippen molar-refractivity contribution in [2.24, 2.45) is 17.0 Å². The minimum atomic E-state index is 0.00463. The zero-order chi connectivity index (χ0) is 15.3.